The van der Waals surface area contributed by atoms with Crippen molar-refractivity contribution in [3.05, 3.63) is 30.5 Å². The van der Waals surface area contributed by atoms with Gasteiger partial charge in [0, 0.05) is 29.9 Å². The van der Waals surface area contributed by atoms with Gasteiger partial charge in [-0.15, -0.1) is 5.10 Å². The molecule has 2 aromatic rings. The molecule has 0 spiro atoms. The molecule has 0 amide bonds. The van der Waals surface area contributed by atoms with Crippen LogP contribution in [0.2, 0.25) is 0 Å². The van der Waals surface area contributed by atoms with Gasteiger partial charge in [-0.25, -0.2) is 0 Å². The van der Waals surface area contributed by atoms with Crippen molar-refractivity contribution in [1.82, 2.24) is 10.2 Å². The minimum atomic E-state index is 0.383. The smallest absolute Gasteiger partial charge is 0.159 e. The van der Waals surface area contributed by atoms with Crippen molar-refractivity contribution in [3.8, 4) is 0 Å². The van der Waals surface area contributed by atoms with Gasteiger partial charge in [0.05, 0.1) is 6.20 Å². The monoisotopic (exact) mass is 270 g/mol. The van der Waals surface area contributed by atoms with Crippen LogP contribution < -0.4 is 10.6 Å². The normalized spacial score (nSPS) is 23.2. The first-order chi connectivity index (χ1) is 9.83. The van der Waals surface area contributed by atoms with Crippen LogP contribution in [0.1, 0.15) is 26.2 Å². The molecule has 4 heteroatoms. The standard InChI is InChI=1S/C16H22N4/c1-2-12-7-8-20(14(9-12)10-17)16-15-6-4-3-5-13(15)11-18-19-16/h3-6,11-12,14H,2,7-10,17H2,1H3. The van der Waals surface area contributed by atoms with E-state index in [0.717, 1.165) is 30.1 Å². The molecule has 1 saturated heterocycles. The lowest BCUT2D eigenvalue weighted by Gasteiger charge is -2.39. The maximum absolute atomic E-state index is 6.00. The quantitative estimate of drug-likeness (QED) is 0.931. The highest BCUT2D eigenvalue weighted by molar-refractivity contribution is 5.91. The molecule has 0 radical (unpaired) electrons. The van der Waals surface area contributed by atoms with E-state index < -0.39 is 0 Å². The predicted molar refractivity (Wildman–Crippen MR) is 82.7 cm³/mol. The first kappa shape index (κ1) is 13.3. The Labute approximate surface area is 120 Å². The first-order valence-corrected chi connectivity index (χ1v) is 7.50. The molecular formula is C16H22N4. The highest BCUT2D eigenvalue weighted by Gasteiger charge is 2.28. The van der Waals surface area contributed by atoms with Gasteiger partial charge in [-0.2, -0.15) is 5.10 Å². The second-order valence-corrected chi connectivity index (χ2v) is 5.64. The number of hydrogen-bond donors (Lipinski definition) is 1. The van der Waals surface area contributed by atoms with Gasteiger partial charge in [0.15, 0.2) is 5.82 Å². The highest BCUT2D eigenvalue weighted by atomic mass is 15.3. The van der Waals surface area contributed by atoms with Crippen LogP contribution >= 0.6 is 0 Å². The van der Waals surface area contributed by atoms with E-state index in [-0.39, 0.29) is 0 Å². The van der Waals surface area contributed by atoms with E-state index in [4.69, 9.17) is 5.73 Å². The molecule has 4 nitrogen and oxygen atoms in total. The average molecular weight is 270 g/mol. The Morgan fingerprint density at radius 1 is 1.35 bits per heavy atom. The summed E-state index contributed by atoms with van der Waals surface area (Å²) in [4.78, 5) is 2.36. The minimum absolute atomic E-state index is 0.383. The van der Waals surface area contributed by atoms with E-state index in [9.17, 15) is 0 Å². The summed E-state index contributed by atoms with van der Waals surface area (Å²) in [6.07, 6.45) is 5.45. The fourth-order valence-electron chi connectivity index (χ4n) is 3.23. The minimum Gasteiger partial charge on any atom is -0.350 e. The van der Waals surface area contributed by atoms with Crippen LogP contribution in [0.3, 0.4) is 0 Å². The fraction of sp³-hybridized carbons (Fsp3) is 0.500. The largest absolute Gasteiger partial charge is 0.350 e. The average Bonchev–Trinajstić information content (AvgIpc) is 2.53. The molecule has 106 valence electrons. The molecule has 1 fully saturated rings. The van der Waals surface area contributed by atoms with Crippen molar-refractivity contribution in [3.63, 3.8) is 0 Å². The Morgan fingerprint density at radius 2 is 2.20 bits per heavy atom. The summed E-state index contributed by atoms with van der Waals surface area (Å²) in [6, 6.07) is 8.69. The molecule has 2 N–H and O–H groups in total. The molecule has 1 aromatic heterocycles. The van der Waals surface area contributed by atoms with Crippen molar-refractivity contribution in [2.75, 3.05) is 18.0 Å². The number of hydrogen-bond acceptors (Lipinski definition) is 4. The van der Waals surface area contributed by atoms with Gasteiger partial charge >= 0.3 is 0 Å². The molecule has 1 aliphatic rings. The van der Waals surface area contributed by atoms with Crippen molar-refractivity contribution in [2.24, 2.45) is 11.7 Å². The predicted octanol–water partition coefficient (Wildman–Crippen LogP) is 2.58. The van der Waals surface area contributed by atoms with Gasteiger partial charge < -0.3 is 10.6 Å². The van der Waals surface area contributed by atoms with E-state index in [1.54, 1.807) is 0 Å². The lowest BCUT2D eigenvalue weighted by Crippen LogP contribution is -2.47. The lowest BCUT2D eigenvalue weighted by molar-refractivity contribution is 0.334. The molecule has 2 atom stereocenters. The molecule has 20 heavy (non-hydrogen) atoms. The molecule has 1 aliphatic heterocycles. The number of anilines is 1. The van der Waals surface area contributed by atoms with Crippen LogP contribution in [-0.4, -0.2) is 29.3 Å². The molecule has 1 aromatic carbocycles. The molecule has 3 rings (SSSR count). The number of aromatic nitrogens is 2. The zero-order valence-corrected chi connectivity index (χ0v) is 12.0. The highest BCUT2D eigenvalue weighted by Crippen LogP contribution is 2.31. The van der Waals surface area contributed by atoms with Crippen LogP contribution in [0.25, 0.3) is 10.8 Å². The van der Waals surface area contributed by atoms with Crippen molar-refractivity contribution in [2.45, 2.75) is 32.2 Å². The van der Waals surface area contributed by atoms with Crippen LogP contribution in [0.4, 0.5) is 5.82 Å². The maximum atomic E-state index is 6.00. The number of piperidine rings is 1. The first-order valence-electron chi connectivity index (χ1n) is 7.50. The van der Waals surface area contributed by atoms with E-state index in [1.165, 1.54) is 18.2 Å². The number of fused-ring (bicyclic) bond motifs is 1. The summed E-state index contributed by atoms with van der Waals surface area (Å²) in [5.41, 5.74) is 6.00. The van der Waals surface area contributed by atoms with Gasteiger partial charge in [-0.1, -0.05) is 37.6 Å². The summed E-state index contributed by atoms with van der Waals surface area (Å²) in [7, 11) is 0. The number of nitrogens with two attached hydrogens (primary N) is 1. The van der Waals surface area contributed by atoms with Crippen molar-refractivity contribution in [1.29, 1.82) is 0 Å². The van der Waals surface area contributed by atoms with E-state index in [1.807, 2.05) is 12.3 Å². The Bertz CT molecular complexity index is 578. The third kappa shape index (κ3) is 2.36. The summed E-state index contributed by atoms with van der Waals surface area (Å²) in [6.45, 7) is 3.98. The molecule has 0 saturated carbocycles. The van der Waals surface area contributed by atoms with Gasteiger partial charge in [-0.3, -0.25) is 0 Å². The summed E-state index contributed by atoms with van der Waals surface area (Å²) >= 11 is 0. The van der Waals surface area contributed by atoms with E-state index in [2.05, 4.69) is 40.2 Å². The maximum Gasteiger partial charge on any atom is 0.159 e. The number of nitrogens with zero attached hydrogens (tertiary/aromatic N) is 3. The van der Waals surface area contributed by atoms with Gasteiger partial charge in [0.25, 0.3) is 0 Å². The number of benzene rings is 1. The Morgan fingerprint density at radius 3 is 3.00 bits per heavy atom. The Kier molecular flexibility index (Phi) is 3.83. The van der Waals surface area contributed by atoms with Crippen molar-refractivity contribution < 1.29 is 0 Å². The van der Waals surface area contributed by atoms with Crippen molar-refractivity contribution >= 4 is 16.6 Å². The van der Waals surface area contributed by atoms with Gasteiger partial charge in [-0.05, 0) is 18.8 Å². The lowest BCUT2D eigenvalue weighted by atomic mass is 9.88. The zero-order chi connectivity index (χ0) is 13.9. The summed E-state index contributed by atoms with van der Waals surface area (Å²) < 4.78 is 0. The molecule has 0 bridgehead atoms. The summed E-state index contributed by atoms with van der Waals surface area (Å²) in [5, 5.41) is 10.9. The van der Waals surface area contributed by atoms with Crippen LogP contribution in [0, 0.1) is 5.92 Å². The topological polar surface area (TPSA) is 55.0 Å². The van der Waals surface area contributed by atoms with Gasteiger partial charge in [0.1, 0.15) is 0 Å². The fourth-order valence-corrected chi connectivity index (χ4v) is 3.23. The third-order valence-electron chi connectivity index (χ3n) is 4.50. The Balaban J connectivity index is 1.97. The second-order valence-electron chi connectivity index (χ2n) is 5.64. The number of rotatable bonds is 3. The summed E-state index contributed by atoms with van der Waals surface area (Å²) in [5.74, 6) is 1.79. The molecular weight excluding hydrogens is 248 g/mol. The molecule has 2 heterocycles. The molecule has 0 aliphatic carbocycles. The molecule has 2 unspecified atom stereocenters. The zero-order valence-electron chi connectivity index (χ0n) is 12.0. The Hall–Kier alpha value is -1.68. The van der Waals surface area contributed by atoms with Crippen LogP contribution in [-0.2, 0) is 0 Å². The SMILES string of the molecule is CCC1CCN(c2nncc3ccccc23)C(CN)C1. The van der Waals surface area contributed by atoms with Crippen LogP contribution in [0.15, 0.2) is 30.5 Å². The van der Waals surface area contributed by atoms with E-state index in [0.29, 0.717) is 12.6 Å². The van der Waals surface area contributed by atoms with E-state index >= 15 is 0 Å². The van der Waals surface area contributed by atoms with Gasteiger partial charge in [0.2, 0.25) is 0 Å². The second kappa shape index (κ2) is 5.75. The van der Waals surface area contributed by atoms with Crippen LogP contribution in [0.5, 0.6) is 0 Å². The third-order valence-corrected chi connectivity index (χ3v) is 4.50.